The maximum atomic E-state index is 9.62. The Kier molecular flexibility index (Phi) is 3.48. The highest BCUT2D eigenvalue weighted by atomic mass is 16.3. The molecule has 1 N–H and O–H groups in total. The number of rotatable bonds is 3. The molecule has 0 aliphatic rings. The summed E-state index contributed by atoms with van der Waals surface area (Å²) in [6.07, 6.45) is 7.43. The van der Waals surface area contributed by atoms with Gasteiger partial charge in [0.1, 0.15) is 0 Å². The summed E-state index contributed by atoms with van der Waals surface area (Å²) in [6, 6.07) is 3.78. The maximum Gasteiger partial charge on any atom is 0.0968 e. The fourth-order valence-electron chi connectivity index (χ4n) is 1.11. The Hall–Kier alpha value is -1.33. The molecule has 0 aliphatic carbocycles. The minimum absolute atomic E-state index is 0.532. The monoisotopic (exact) mass is 175 g/mol. The van der Waals surface area contributed by atoms with Crippen LogP contribution in [-0.2, 0) is 0 Å². The van der Waals surface area contributed by atoms with Crippen LogP contribution in [0.4, 0.5) is 0 Å². The Balaban J connectivity index is 2.66. The average Bonchev–Trinajstić information content (AvgIpc) is 2.14. The van der Waals surface area contributed by atoms with E-state index in [-0.39, 0.29) is 0 Å². The first kappa shape index (κ1) is 9.76. The van der Waals surface area contributed by atoms with Crippen molar-refractivity contribution in [2.24, 2.45) is 0 Å². The molecule has 1 heterocycles. The van der Waals surface area contributed by atoms with Crippen molar-refractivity contribution in [3.8, 4) is 12.3 Å². The van der Waals surface area contributed by atoms with Gasteiger partial charge in [0.15, 0.2) is 0 Å². The fourth-order valence-corrected chi connectivity index (χ4v) is 1.11. The normalized spacial score (nSPS) is 12.1. The van der Waals surface area contributed by atoms with Gasteiger partial charge >= 0.3 is 0 Å². The quantitative estimate of drug-likeness (QED) is 0.711. The summed E-state index contributed by atoms with van der Waals surface area (Å²) in [5.41, 5.74) is 1.81. The molecular weight excluding hydrogens is 162 g/mol. The van der Waals surface area contributed by atoms with Crippen LogP contribution in [-0.4, -0.2) is 10.1 Å². The van der Waals surface area contributed by atoms with E-state index in [0.717, 1.165) is 5.56 Å². The Morgan fingerprint density at radius 2 is 2.46 bits per heavy atom. The summed E-state index contributed by atoms with van der Waals surface area (Å²) in [5, 5.41) is 9.62. The number of nitrogens with zero attached hydrogens (tertiary/aromatic N) is 1. The molecule has 68 valence electrons. The van der Waals surface area contributed by atoms with Gasteiger partial charge in [-0.1, -0.05) is 0 Å². The summed E-state index contributed by atoms with van der Waals surface area (Å²) >= 11 is 0. The second-order valence-corrected chi connectivity index (χ2v) is 3.02. The molecule has 13 heavy (non-hydrogen) atoms. The molecule has 2 heteroatoms. The molecule has 1 unspecified atom stereocenters. The molecule has 0 radical (unpaired) electrons. The van der Waals surface area contributed by atoms with Crippen molar-refractivity contribution in [2.45, 2.75) is 25.9 Å². The van der Waals surface area contributed by atoms with Crippen LogP contribution >= 0.6 is 0 Å². The number of hydrogen-bond acceptors (Lipinski definition) is 2. The van der Waals surface area contributed by atoms with Crippen LogP contribution < -0.4 is 0 Å². The molecule has 2 nitrogen and oxygen atoms in total. The van der Waals surface area contributed by atoms with E-state index in [0.29, 0.717) is 18.5 Å². The molecule has 1 aromatic heterocycles. The predicted octanol–water partition coefficient (Wildman–Crippen LogP) is 1.84. The minimum Gasteiger partial charge on any atom is -0.387 e. The van der Waals surface area contributed by atoms with Crippen molar-refractivity contribution >= 4 is 0 Å². The topological polar surface area (TPSA) is 33.1 Å². The number of hydrogen-bond donors (Lipinski definition) is 1. The van der Waals surface area contributed by atoms with Crippen LogP contribution in [0, 0.1) is 19.3 Å². The SMILES string of the molecule is C#CCCC(O)c1cc(C)ccn1. The van der Waals surface area contributed by atoms with Crippen LogP contribution in [0.1, 0.15) is 30.2 Å². The Morgan fingerprint density at radius 3 is 3.08 bits per heavy atom. The van der Waals surface area contributed by atoms with Crippen molar-refractivity contribution in [1.29, 1.82) is 0 Å². The fraction of sp³-hybridized carbons (Fsp3) is 0.364. The van der Waals surface area contributed by atoms with Gasteiger partial charge in [0, 0.05) is 12.6 Å². The Morgan fingerprint density at radius 1 is 1.69 bits per heavy atom. The van der Waals surface area contributed by atoms with Gasteiger partial charge in [-0.15, -0.1) is 12.3 Å². The molecule has 0 spiro atoms. The highest BCUT2D eigenvalue weighted by molar-refractivity contribution is 5.16. The lowest BCUT2D eigenvalue weighted by molar-refractivity contribution is 0.164. The highest BCUT2D eigenvalue weighted by Crippen LogP contribution is 2.15. The van der Waals surface area contributed by atoms with E-state index in [4.69, 9.17) is 6.42 Å². The van der Waals surface area contributed by atoms with Gasteiger partial charge in [0.25, 0.3) is 0 Å². The van der Waals surface area contributed by atoms with Crippen molar-refractivity contribution in [3.05, 3.63) is 29.6 Å². The lowest BCUT2D eigenvalue weighted by Gasteiger charge is -2.07. The molecule has 0 aliphatic heterocycles. The van der Waals surface area contributed by atoms with Gasteiger partial charge in [-0.25, -0.2) is 0 Å². The van der Waals surface area contributed by atoms with E-state index < -0.39 is 6.10 Å². The molecule has 0 fully saturated rings. The third-order valence-corrected chi connectivity index (χ3v) is 1.84. The van der Waals surface area contributed by atoms with Crippen molar-refractivity contribution in [3.63, 3.8) is 0 Å². The second kappa shape index (κ2) is 4.64. The third-order valence-electron chi connectivity index (χ3n) is 1.84. The molecule has 0 saturated heterocycles. The molecule has 1 atom stereocenters. The molecule has 0 aromatic carbocycles. The third kappa shape index (κ3) is 2.89. The zero-order valence-corrected chi connectivity index (χ0v) is 7.70. The molecular formula is C11H13NO. The lowest BCUT2D eigenvalue weighted by atomic mass is 10.1. The lowest BCUT2D eigenvalue weighted by Crippen LogP contribution is -1.99. The van der Waals surface area contributed by atoms with E-state index in [1.165, 1.54) is 0 Å². The summed E-state index contributed by atoms with van der Waals surface area (Å²) in [5.74, 6) is 2.50. The molecule has 0 bridgehead atoms. The summed E-state index contributed by atoms with van der Waals surface area (Å²) in [4.78, 5) is 4.07. The van der Waals surface area contributed by atoms with Crippen LogP contribution in [0.25, 0.3) is 0 Å². The summed E-state index contributed by atoms with van der Waals surface area (Å²) < 4.78 is 0. The first-order valence-corrected chi connectivity index (χ1v) is 4.28. The molecule has 0 amide bonds. The molecule has 0 saturated carbocycles. The minimum atomic E-state index is -0.532. The van der Waals surface area contributed by atoms with E-state index >= 15 is 0 Å². The zero-order chi connectivity index (χ0) is 9.68. The van der Waals surface area contributed by atoms with E-state index in [9.17, 15) is 5.11 Å². The van der Waals surface area contributed by atoms with Crippen molar-refractivity contribution < 1.29 is 5.11 Å². The van der Waals surface area contributed by atoms with E-state index in [1.54, 1.807) is 6.20 Å². The van der Waals surface area contributed by atoms with Gasteiger partial charge in [-0.3, -0.25) is 4.98 Å². The predicted molar refractivity (Wildman–Crippen MR) is 52.0 cm³/mol. The second-order valence-electron chi connectivity index (χ2n) is 3.02. The maximum absolute atomic E-state index is 9.62. The van der Waals surface area contributed by atoms with Crippen LogP contribution in [0.15, 0.2) is 18.3 Å². The van der Waals surface area contributed by atoms with Gasteiger partial charge in [-0.05, 0) is 31.0 Å². The summed E-state index contributed by atoms with van der Waals surface area (Å²) in [7, 11) is 0. The Bertz CT molecular complexity index is 314. The largest absolute Gasteiger partial charge is 0.387 e. The molecule has 1 aromatic rings. The van der Waals surface area contributed by atoms with Crippen LogP contribution in [0.3, 0.4) is 0 Å². The van der Waals surface area contributed by atoms with Crippen molar-refractivity contribution in [1.82, 2.24) is 4.98 Å². The first-order valence-electron chi connectivity index (χ1n) is 4.28. The number of aliphatic hydroxyl groups is 1. The number of terminal acetylenes is 1. The van der Waals surface area contributed by atoms with Crippen molar-refractivity contribution in [2.75, 3.05) is 0 Å². The highest BCUT2D eigenvalue weighted by Gasteiger charge is 2.07. The number of aliphatic hydroxyl groups excluding tert-OH is 1. The van der Waals surface area contributed by atoms with Gasteiger partial charge in [-0.2, -0.15) is 0 Å². The summed E-state index contributed by atoms with van der Waals surface area (Å²) in [6.45, 7) is 1.97. The average molecular weight is 175 g/mol. The zero-order valence-electron chi connectivity index (χ0n) is 7.70. The van der Waals surface area contributed by atoms with Gasteiger partial charge in [0.05, 0.1) is 11.8 Å². The Labute approximate surface area is 78.6 Å². The smallest absolute Gasteiger partial charge is 0.0968 e. The van der Waals surface area contributed by atoms with E-state index in [1.807, 2.05) is 19.1 Å². The molecule has 1 rings (SSSR count). The van der Waals surface area contributed by atoms with Gasteiger partial charge < -0.3 is 5.11 Å². The van der Waals surface area contributed by atoms with E-state index in [2.05, 4.69) is 10.9 Å². The van der Waals surface area contributed by atoms with Crippen LogP contribution in [0.5, 0.6) is 0 Å². The van der Waals surface area contributed by atoms with Gasteiger partial charge in [0.2, 0.25) is 0 Å². The standard InChI is InChI=1S/C11H13NO/c1-3-4-5-11(13)10-8-9(2)6-7-12-10/h1,6-8,11,13H,4-5H2,2H3. The first-order chi connectivity index (χ1) is 6.24. The number of aryl methyl sites for hydroxylation is 1. The van der Waals surface area contributed by atoms with Crippen LogP contribution in [0.2, 0.25) is 0 Å². The number of pyridine rings is 1. The number of aromatic nitrogens is 1.